The van der Waals surface area contributed by atoms with Gasteiger partial charge in [-0.3, -0.25) is 4.79 Å². The SMILES string of the molecule is CCOC(=O)CCc1csc(N(CC)C(C)COC)n1. The molecule has 1 aromatic rings. The Hall–Kier alpha value is -1.14. The van der Waals surface area contributed by atoms with Crippen molar-refractivity contribution >= 4 is 22.4 Å². The van der Waals surface area contributed by atoms with Gasteiger partial charge in [-0.05, 0) is 20.8 Å². The molecule has 0 aromatic carbocycles. The Morgan fingerprint density at radius 3 is 2.85 bits per heavy atom. The third-order valence-corrected chi connectivity index (χ3v) is 3.88. The van der Waals surface area contributed by atoms with Gasteiger partial charge in [-0.1, -0.05) is 0 Å². The predicted octanol–water partition coefficient (Wildman–Crippen LogP) is 2.50. The van der Waals surface area contributed by atoms with Crippen LogP contribution in [0.25, 0.3) is 0 Å². The van der Waals surface area contributed by atoms with Crippen LogP contribution in [0, 0.1) is 0 Å². The number of methoxy groups -OCH3 is 1. The van der Waals surface area contributed by atoms with Gasteiger partial charge in [-0.15, -0.1) is 11.3 Å². The lowest BCUT2D eigenvalue weighted by atomic mass is 10.2. The molecule has 0 spiro atoms. The molecule has 0 aliphatic rings. The van der Waals surface area contributed by atoms with E-state index in [1.807, 2.05) is 12.3 Å². The third kappa shape index (κ3) is 5.09. The lowest BCUT2D eigenvalue weighted by Gasteiger charge is -2.26. The first-order chi connectivity index (χ1) is 9.62. The van der Waals surface area contributed by atoms with E-state index in [1.165, 1.54) is 0 Å². The smallest absolute Gasteiger partial charge is 0.306 e. The molecule has 114 valence electrons. The molecule has 0 saturated carbocycles. The minimum atomic E-state index is -0.165. The summed E-state index contributed by atoms with van der Waals surface area (Å²) in [6.07, 6.45) is 1.02. The molecule has 1 rings (SSSR count). The molecule has 1 heterocycles. The third-order valence-electron chi connectivity index (χ3n) is 2.96. The van der Waals surface area contributed by atoms with E-state index in [0.29, 0.717) is 26.1 Å². The van der Waals surface area contributed by atoms with Crippen molar-refractivity contribution in [2.75, 3.05) is 31.8 Å². The van der Waals surface area contributed by atoms with E-state index in [-0.39, 0.29) is 12.0 Å². The van der Waals surface area contributed by atoms with Gasteiger partial charge in [0.1, 0.15) is 0 Å². The monoisotopic (exact) mass is 300 g/mol. The molecule has 0 fully saturated rings. The van der Waals surface area contributed by atoms with Crippen LogP contribution < -0.4 is 4.90 Å². The van der Waals surface area contributed by atoms with Gasteiger partial charge in [0.2, 0.25) is 0 Å². The molecule has 5 nitrogen and oxygen atoms in total. The van der Waals surface area contributed by atoms with E-state index in [2.05, 4.69) is 23.7 Å². The number of carbonyl (C=O) groups excluding carboxylic acids is 1. The quantitative estimate of drug-likeness (QED) is 0.656. The van der Waals surface area contributed by atoms with Crippen molar-refractivity contribution < 1.29 is 14.3 Å². The molecule has 0 amide bonds. The average Bonchev–Trinajstić information content (AvgIpc) is 2.87. The zero-order chi connectivity index (χ0) is 15.0. The fourth-order valence-electron chi connectivity index (χ4n) is 1.97. The van der Waals surface area contributed by atoms with E-state index in [9.17, 15) is 4.79 Å². The van der Waals surface area contributed by atoms with Gasteiger partial charge in [0, 0.05) is 25.5 Å². The van der Waals surface area contributed by atoms with Crippen molar-refractivity contribution in [3.8, 4) is 0 Å². The maximum absolute atomic E-state index is 11.3. The number of thiazole rings is 1. The van der Waals surface area contributed by atoms with Crippen molar-refractivity contribution in [1.29, 1.82) is 0 Å². The van der Waals surface area contributed by atoms with Crippen LogP contribution in [-0.2, 0) is 20.7 Å². The maximum Gasteiger partial charge on any atom is 0.306 e. The summed E-state index contributed by atoms with van der Waals surface area (Å²) in [4.78, 5) is 18.1. The number of esters is 1. The molecule has 0 N–H and O–H groups in total. The van der Waals surface area contributed by atoms with Gasteiger partial charge >= 0.3 is 5.97 Å². The molecule has 1 atom stereocenters. The summed E-state index contributed by atoms with van der Waals surface area (Å²) in [7, 11) is 1.71. The number of aryl methyl sites for hydroxylation is 1. The van der Waals surface area contributed by atoms with Crippen LogP contribution in [0.15, 0.2) is 5.38 Å². The minimum Gasteiger partial charge on any atom is -0.466 e. The van der Waals surface area contributed by atoms with E-state index in [0.717, 1.165) is 17.4 Å². The first-order valence-electron chi connectivity index (χ1n) is 6.97. The molecule has 1 aromatic heterocycles. The molecule has 20 heavy (non-hydrogen) atoms. The molecule has 1 unspecified atom stereocenters. The molecule has 0 radical (unpaired) electrons. The Morgan fingerprint density at radius 2 is 2.25 bits per heavy atom. The Labute approximate surface area is 124 Å². The zero-order valence-corrected chi connectivity index (χ0v) is 13.5. The molecular weight excluding hydrogens is 276 g/mol. The Kier molecular flexibility index (Phi) is 7.54. The lowest BCUT2D eigenvalue weighted by Crippen LogP contribution is -2.36. The number of anilines is 1. The van der Waals surface area contributed by atoms with Crippen molar-refractivity contribution in [2.24, 2.45) is 0 Å². The summed E-state index contributed by atoms with van der Waals surface area (Å²) in [6, 6.07) is 0.286. The van der Waals surface area contributed by atoms with Gasteiger partial charge in [0.15, 0.2) is 5.13 Å². The van der Waals surface area contributed by atoms with Gasteiger partial charge < -0.3 is 14.4 Å². The predicted molar refractivity (Wildman–Crippen MR) is 81.4 cm³/mol. The second kappa shape index (κ2) is 8.92. The summed E-state index contributed by atoms with van der Waals surface area (Å²) < 4.78 is 10.1. The highest BCUT2D eigenvalue weighted by atomic mass is 32.1. The highest BCUT2D eigenvalue weighted by molar-refractivity contribution is 7.13. The second-order valence-corrected chi connectivity index (χ2v) is 5.35. The number of carbonyl (C=O) groups is 1. The minimum absolute atomic E-state index is 0.165. The number of likely N-dealkylation sites (N-methyl/N-ethyl adjacent to an activating group) is 1. The van der Waals surface area contributed by atoms with E-state index in [4.69, 9.17) is 9.47 Å². The summed E-state index contributed by atoms with van der Waals surface area (Å²) in [5.74, 6) is -0.165. The van der Waals surface area contributed by atoms with E-state index >= 15 is 0 Å². The number of hydrogen-bond donors (Lipinski definition) is 0. The molecule has 0 saturated heterocycles. The van der Waals surface area contributed by atoms with Crippen LogP contribution in [-0.4, -0.2) is 43.9 Å². The normalized spacial score (nSPS) is 12.2. The molecular formula is C14H24N2O3S. The Bertz CT molecular complexity index is 409. The molecule has 6 heteroatoms. The molecule has 0 bridgehead atoms. The van der Waals surface area contributed by atoms with Crippen LogP contribution in [0.4, 0.5) is 5.13 Å². The van der Waals surface area contributed by atoms with Crippen molar-refractivity contribution in [3.63, 3.8) is 0 Å². The molecule has 0 aliphatic heterocycles. The van der Waals surface area contributed by atoms with E-state index < -0.39 is 0 Å². The standard InChI is InChI=1S/C14H24N2O3S/c1-5-16(11(3)9-18-4)14-15-12(10-20-14)7-8-13(17)19-6-2/h10-11H,5-9H2,1-4H3. The first-order valence-corrected chi connectivity index (χ1v) is 7.85. The van der Waals surface area contributed by atoms with Gasteiger partial charge in [0.05, 0.1) is 31.4 Å². The number of hydrogen-bond acceptors (Lipinski definition) is 6. The van der Waals surface area contributed by atoms with Crippen LogP contribution in [0.5, 0.6) is 0 Å². The number of rotatable bonds is 9. The van der Waals surface area contributed by atoms with Crippen molar-refractivity contribution in [1.82, 2.24) is 4.98 Å². The van der Waals surface area contributed by atoms with Gasteiger partial charge in [-0.2, -0.15) is 0 Å². The zero-order valence-electron chi connectivity index (χ0n) is 12.7. The van der Waals surface area contributed by atoms with Gasteiger partial charge in [-0.25, -0.2) is 4.98 Å². The van der Waals surface area contributed by atoms with Gasteiger partial charge in [0.25, 0.3) is 0 Å². The summed E-state index contributed by atoms with van der Waals surface area (Å²) in [6.45, 7) is 8.02. The average molecular weight is 300 g/mol. The number of nitrogens with zero attached hydrogens (tertiary/aromatic N) is 2. The highest BCUT2D eigenvalue weighted by Crippen LogP contribution is 2.23. The number of ether oxygens (including phenoxy) is 2. The summed E-state index contributed by atoms with van der Waals surface area (Å²) in [5.41, 5.74) is 0.945. The highest BCUT2D eigenvalue weighted by Gasteiger charge is 2.16. The summed E-state index contributed by atoms with van der Waals surface area (Å²) >= 11 is 1.61. The fraction of sp³-hybridized carbons (Fsp3) is 0.714. The topological polar surface area (TPSA) is 51.7 Å². The van der Waals surface area contributed by atoms with Crippen molar-refractivity contribution in [2.45, 2.75) is 39.7 Å². The van der Waals surface area contributed by atoms with Crippen LogP contribution >= 0.6 is 11.3 Å². The Balaban J connectivity index is 2.58. The number of aromatic nitrogens is 1. The lowest BCUT2D eigenvalue weighted by molar-refractivity contribution is -0.143. The van der Waals surface area contributed by atoms with Crippen LogP contribution in [0.1, 0.15) is 32.9 Å². The summed E-state index contributed by atoms with van der Waals surface area (Å²) in [5, 5.41) is 2.99. The second-order valence-electron chi connectivity index (χ2n) is 4.52. The van der Waals surface area contributed by atoms with Crippen molar-refractivity contribution in [3.05, 3.63) is 11.1 Å². The fourth-order valence-corrected chi connectivity index (χ4v) is 3.00. The Morgan fingerprint density at radius 1 is 1.50 bits per heavy atom. The van der Waals surface area contributed by atoms with Crippen LogP contribution in [0.3, 0.4) is 0 Å². The molecule has 0 aliphatic carbocycles. The largest absolute Gasteiger partial charge is 0.466 e. The first kappa shape index (κ1) is 16.9. The van der Waals surface area contributed by atoms with Crippen LogP contribution in [0.2, 0.25) is 0 Å². The maximum atomic E-state index is 11.3. The van der Waals surface area contributed by atoms with E-state index in [1.54, 1.807) is 18.4 Å².